The van der Waals surface area contributed by atoms with Crippen LogP contribution >= 0.6 is 77.7 Å². The molecule has 120 heavy (non-hydrogen) atoms. The van der Waals surface area contributed by atoms with Crippen LogP contribution in [0.15, 0.2) is 136 Å². The summed E-state index contributed by atoms with van der Waals surface area (Å²) in [5.41, 5.74) is -8.81. The van der Waals surface area contributed by atoms with Crippen molar-refractivity contribution in [1.29, 1.82) is 0 Å². The van der Waals surface area contributed by atoms with E-state index in [9.17, 15) is 94.6 Å². The van der Waals surface area contributed by atoms with Crippen LogP contribution < -0.4 is 63.1 Å². The summed E-state index contributed by atoms with van der Waals surface area (Å²) in [5, 5.41) is 42.0. The summed E-state index contributed by atoms with van der Waals surface area (Å²) < 4.78 is 295. The number of rotatable bonds is 16. The number of aliphatic hydroxyl groups is 4. The van der Waals surface area contributed by atoms with E-state index < -0.39 is 224 Å². The van der Waals surface area contributed by atoms with Gasteiger partial charge in [0.15, 0.2) is 24.9 Å². The molecule has 0 aliphatic carbocycles. The van der Waals surface area contributed by atoms with Crippen LogP contribution in [-0.4, -0.2) is 133 Å². The summed E-state index contributed by atoms with van der Waals surface area (Å²) in [6.45, 7) is -10.4. The molecule has 0 bridgehead atoms. The maximum absolute atomic E-state index is 15.6. The van der Waals surface area contributed by atoms with Crippen molar-refractivity contribution in [1.82, 2.24) is 38.2 Å². The number of H-pyrrole nitrogens is 4. The molecule has 8 N–H and O–H groups in total. The Morgan fingerprint density at radius 3 is 0.983 bits per heavy atom. The molecule has 4 aromatic carbocycles. The maximum Gasteiger partial charge on any atom is 0.530 e. The van der Waals surface area contributed by atoms with Gasteiger partial charge in [-0.15, -0.1) is 0 Å². The summed E-state index contributed by atoms with van der Waals surface area (Å²) in [5.74, 6) is -18.3. The summed E-state index contributed by atoms with van der Waals surface area (Å²) in [7, 11) is -18.0. The van der Waals surface area contributed by atoms with E-state index in [4.69, 9.17) is 123 Å². The lowest BCUT2D eigenvalue weighted by Gasteiger charge is -2.27. The van der Waals surface area contributed by atoms with E-state index in [0.29, 0.717) is 70.1 Å². The minimum absolute atomic E-state index is 0.00760. The van der Waals surface area contributed by atoms with Gasteiger partial charge in [-0.05, 0) is 72.8 Å². The van der Waals surface area contributed by atoms with Crippen molar-refractivity contribution in [3.8, 4) is 23.0 Å². The molecule has 0 saturated carbocycles. The molecule has 4 unspecified atom stereocenters. The van der Waals surface area contributed by atoms with Gasteiger partial charge < -0.3 is 57.5 Å². The summed E-state index contributed by atoms with van der Waals surface area (Å²) in [4.78, 5) is 98.7. The fourth-order valence-electron chi connectivity index (χ4n) is 11.5. The third-order valence-electron chi connectivity index (χ3n) is 17.0. The average Bonchev–Trinajstić information content (AvgIpc) is 1.58. The molecule has 56 heteroatoms. The second-order valence-corrected chi connectivity index (χ2v) is 33.8. The van der Waals surface area contributed by atoms with Crippen molar-refractivity contribution in [3.05, 3.63) is 247 Å². The molecule has 8 aliphatic heterocycles. The largest absolute Gasteiger partial charge is 0.530 e. The van der Waals surface area contributed by atoms with E-state index in [1.807, 2.05) is 0 Å². The Morgan fingerprint density at radius 1 is 0.400 bits per heavy atom. The number of hydrogen-bond donors (Lipinski definition) is 8. The zero-order chi connectivity index (χ0) is 92.2. The van der Waals surface area contributed by atoms with Gasteiger partial charge in [0, 0.05) is 68.0 Å². The van der Waals surface area contributed by atoms with Crippen molar-refractivity contribution < 1.29 is 155 Å². The molecule has 0 spiro atoms. The van der Waals surface area contributed by atoms with Crippen molar-refractivity contribution in [2.75, 3.05) is 26.3 Å². The van der Waals surface area contributed by atoms with Crippen molar-refractivity contribution in [3.63, 3.8) is 0 Å². The highest BCUT2D eigenvalue weighted by atomic mass is 35.5. The average molecular weight is 1870 g/mol. The molecule has 8 aliphatic rings. The monoisotopic (exact) mass is 1870 g/mol. The molecule has 40 nitrogen and oxygen atoms in total. The Bertz CT molecular complexity index is 6400. The Morgan fingerprint density at radius 2 is 0.650 bits per heavy atom. The first-order valence-corrected chi connectivity index (χ1v) is 40.8. The van der Waals surface area contributed by atoms with Gasteiger partial charge in [0.05, 0.1) is 59.4 Å². The lowest BCUT2D eigenvalue weighted by molar-refractivity contribution is -0.179. The molecule has 4 saturated heterocycles. The van der Waals surface area contributed by atoms with E-state index in [1.165, 1.54) is 71.7 Å². The van der Waals surface area contributed by atoms with Crippen LogP contribution in [0.5, 0.6) is 23.0 Å². The number of phosphoric acid groups is 4. The number of aliphatic hydroxyl groups excluding tert-OH is 4. The lowest BCUT2D eigenvalue weighted by atomic mass is 10.2. The van der Waals surface area contributed by atoms with Crippen molar-refractivity contribution in [2.45, 2.75) is 125 Å². The first kappa shape index (κ1) is 81.4. The number of ether oxygens (including phenoxy) is 4. The van der Waals surface area contributed by atoms with Crippen molar-refractivity contribution in [2.24, 2.45) is 0 Å². The van der Waals surface area contributed by atoms with Crippen LogP contribution in [0.25, 0.3) is 0 Å². The normalized spacial score (nSPS) is 32.9. The summed E-state index contributed by atoms with van der Waals surface area (Å²) in [6, 6.07) is 17.2. The second kappa shape index (κ2) is 34.8. The Kier molecular flexibility index (Phi) is 23.6. The smallest absolute Gasteiger partial charge is 0.404 e. The molecule has 0 amide bonds. The van der Waals surface area contributed by atoms with E-state index in [0.717, 1.165) is 0 Å². The number of nitrogens with zero attached hydrogens (tertiary/aromatic N) is 4. The molecule has 0 radical (unpaired) electrons. The summed E-state index contributed by atoms with van der Waals surface area (Å²) in [6.07, 6.45) is -20.0. The minimum atomic E-state index is -4.79. The zero-order valence-electron chi connectivity index (χ0n) is 65.1. The third-order valence-corrected chi connectivity index (χ3v) is 22.9. The number of phosphoric ester groups is 4. The minimum Gasteiger partial charge on any atom is -0.404 e. The van der Waals surface area contributed by atoms with Gasteiger partial charge in [0.25, 0.3) is 22.2 Å². The Labute approximate surface area is 689 Å². The van der Waals surface area contributed by atoms with E-state index in [2.05, 4.69) is 4.52 Å². The fraction of sp³-hybridized carbons (Fsp3) is 0.375. The molecular weight excluding hydrogens is 1810 g/mol. The van der Waals surface area contributed by atoms with Gasteiger partial charge in [0.2, 0.25) is 46.7 Å². The molecular formula is C64H56Cl4F8N8O32P4. The molecule has 16 atom stereocenters. The molecule has 4 fully saturated rings. The van der Waals surface area contributed by atoms with Crippen molar-refractivity contribution >= 4 is 77.7 Å². The maximum atomic E-state index is 15.6. The first-order valence-electron chi connectivity index (χ1n) is 36.4. The highest BCUT2D eigenvalue weighted by Crippen LogP contribution is 2.60. The number of halogens is 12. The van der Waals surface area contributed by atoms with Gasteiger partial charge in [-0.3, -0.25) is 93.6 Å². The molecule has 12 heterocycles. The van der Waals surface area contributed by atoms with E-state index in [1.54, 1.807) is 21.0 Å². The second-order valence-electron chi connectivity index (χ2n) is 25.8. The Hall–Kier alpha value is -8.32. The predicted molar refractivity (Wildman–Crippen MR) is 385 cm³/mol. The molecule has 16 rings (SSSR count). The molecule has 8 aromatic rings. The van der Waals surface area contributed by atoms with Crippen LogP contribution in [0, 0.1) is 23.3 Å². The van der Waals surface area contributed by atoms with Gasteiger partial charge in [0.1, 0.15) is 73.7 Å². The van der Waals surface area contributed by atoms with Crippen LogP contribution in [0.2, 0.25) is 20.1 Å². The topological polar surface area (TPSA) is 516 Å². The zero-order valence-corrected chi connectivity index (χ0v) is 65.7. The SMILES string of the molecule is O=c1[nH]c(=O)n([C@@H]2O[C@](F)(COP3(=O)OCc4cc(Cl)ccc4O3)C[C@H]2O)cc1F.[2H]C([2H])(OP1(=O)OCc2cc(Cl)ccc2O1)[C@]1(F)C[C@@H](O)[C@H](n2cc(F)c(=O)[nH]c2=O)O1.[2H]C([2H])(OP1(=O)OCc2cc(Cl)ccc2O1)[C@]1(F)C[C@@H](O)[C@]([2H])(n2cc(F)c(=O)[nH]c2=O)O1.[2H][C@@]1(n2cc(F)c(=O)[nH]c2=O)O[C@](F)(COP2(=O)OCc3cc(Cl)ccc3O2)C[C@H]1O. The molecule has 4 aromatic heterocycles. The standard InChI is InChI=1S/4C16H14ClF2N2O8P/c4*17-9-1-2-12-8(3-9)6-26-30(25,29-12)27-7-16(19)4-11(22)14(28-16)21-5-10(18)13(23)20-15(21)24/h4*1-3,5,11,14,22H,4,6-7H2,(H,20,23,24)/t4*11-,14-,16+,30?/m1111/s1/i7D2,14D;14D;7D2;. The molecule has 648 valence electrons. The van der Waals surface area contributed by atoms with Crippen LogP contribution in [0.4, 0.5) is 35.1 Å². The number of benzene rings is 4. The highest BCUT2D eigenvalue weighted by Gasteiger charge is 2.55. The van der Waals surface area contributed by atoms with Crippen LogP contribution in [0.1, 0.15) is 81.0 Å². The fourth-order valence-corrected chi connectivity index (χ4v) is 16.9. The Balaban J connectivity index is 0.000000144. The van der Waals surface area contributed by atoms with Gasteiger partial charge in [-0.1, -0.05) is 46.4 Å². The predicted octanol–water partition coefficient (Wildman–Crippen LogP) is 8.03. The number of aromatic nitrogens is 8. The number of hydrogen-bond acceptors (Lipinski definition) is 32. The first-order chi connectivity index (χ1) is 58.5. The lowest BCUT2D eigenvalue weighted by Crippen LogP contribution is -2.37. The van der Waals surface area contributed by atoms with Crippen LogP contribution in [-0.2, 0) is 99.8 Å². The third kappa shape index (κ3) is 20.5. The number of fused-ring (bicyclic) bond motifs is 4. The highest BCUT2D eigenvalue weighted by molar-refractivity contribution is 7.49. The van der Waals surface area contributed by atoms with Crippen LogP contribution in [0.3, 0.4) is 0 Å². The van der Waals surface area contributed by atoms with Gasteiger partial charge >= 0.3 is 54.0 Å². The van der Waals surface area contributed by atoms with E-state index >= 15 is 17.6 Å². The van der Waals surface area contributed by atoms with E-state index in [-0.39, 0.29) is 64.8 Å². The number of alkyl halides is 4. The number of aromatic amines is 4. The van der Waals surface area contributed by atoms with Gasteiger partial charge in [-0.2, -0.15) is 17.6 Å². The quantitative estimate of drug-likeness (QED) is 0.0335. The number of nitrogens with one attached hydrogen (secondary N) is 4. The van der Waals surface area contributed by atoms with Gasteiger partial charge in [-0.25, -0.2) is 55.0 Å². The summed E-state index contributed by atoms with van der Waals surface area (Å²) >= 11 is 23.4.